The predicted molar refractivity (Wildman–Crippen MR) is 139 cm³/mol. The zero-order valence-electron chi connectivity index (χ0n) is 18.5. The normalized spacial score (nSPS) is 10.6. The number of thiophene rings is 1. The van der Waals surface area contributed by atoms with Crippen molar-refractivity contribution >= 4 is 62.1 Å². The third kappa shape index (κ3) is 6.22. The van der Waals surface area contributed by atoms with E-state index in [4.69, 9.17) is 4.74 Å². The molecule has 0 fully saturated rings. The van der Waals surface area contributed by atoms with Crippen LogP contribution in [0.4, 0.5) is 15.8 Å². The van der Waals surface area contributed by atoms with Crippen LogP contribution in [0, 0.1) is 6.92 Å². The van der Waals surface area contributed by atoms with Crippen LogP contribution in [0.1, 0.15) is 22.8 Å². The van der Waals surface area contributed by atoms with Gasteiger partial charge in [-0.2, -0.15) is 0 Å². The van der Waals surface area contributed by atoms with Gasteiger partial charge in [0.05, 0.1) is 17.9 Å². The van der Waals surface area contributed by atoms with E-state index >= 15 is 0 Å². The van der Waals surface area contributed by atoms with E-state index in [0.29, 0.717) is 20.0 Å². The van der Waals surface area contributed by atoms with Gasteiger partial charge in [-0.05, 0) is 43.2 Å². The number of anilines is 3. The van der Waals surface area contributed by atoms with E-state index in [9.17, 15) is 9.59 Å². The van der Waals surface area contributed by atoms with Crippen molar-refractivity contribution in [2.45, 2.75) is 18.2 Å². The molecule has 0 aliphatic carbocycles. The summed E-state index contributed by atoms with van der Waals surface area (Å²) in [6.07, 6.45) is 0. The van der Waals surface area contributed by atoms with Gasteiger partial charge in [0.15, 0.2) is 4.34 Å². The van der Waals surface area contributed by atoms with E-state index in [1.54, 1.807) is 13.0 Å². The fourth-order valence-corrected chi connectivity index (χ4v) is 5.68. The minimum Gasteiger partial charge on any atom is -0.462 e. The lowest BCUT2D eigenvalue weighted by Crippen LogP contribution is -2.15. The number of amides is 1. The van der Waals surface area contributed by atoms with Crippen molar-refractivity contribution < 1.29 is 14.3 Å². The maximum absolute atomic E-state index is 12.7. The largest absolute Gasteiger partial charge is 0.462 e. The van der Waals surface area contributed by atoms with E-state index in [2.05, 4.69) is 20.8 Å². The second kappa shape index (κ2) is 11.3. The highest BCUT2D eigenvalue weighted by molar-refractivity contribution is 8.01. The van der Waals surface area contributed by atoms with E-state index in [-0.39, 0.29) is 18.3 Å². The molecule has 174 valence electrons. The zero-order chi connectivity index (χ0) is 23.9. The number of thioether (sulfide) groups is 1. The highest BCUT2D eigenvalue weighted by atomic mass is 32.2. The van der Waals surface area contributed by atoms with Crippen LogP contribution in [0.3, 0.4) is 0 Å². The van der Waals surface area contributed by atoms with Gasteiger partial charge in [0, 0.05) is 10.6 Å². The van der Waals surface area contributed by atoms with Gasteiger partial charge in [0.25, 0.3) is 0 Å². The fourth-order valence-electron chi connectivity index (χ4n) is 3.04. The summed E-state index contributed by atoms with van der Waals surface area (Å²) in [6.45, 7) is 4.03. The molecule has 0 aliphatic rings. The third-order valence-electron chi connectivity index (χ3n) is 4.54. The van der Waals surface area contributed by atoms with Crippen LogP contribution in [0.25, 0.3) is 10.4 Å². The lowest BCUT2D eigenvalue weighted by Gasteiger charge is -2.05. The summed E-state index contributed by atoms with van der Waals surface area (Å²) in [6, 6.07) is 19.4. The molecule has 2 N–H and O–H groups in total. The Bertz CT molecular complexity index is 1290. The minimum atomic E-state index is -0.458. The highest BCUT2D eigenvalue weighted by Gasteiger charge is 2.20. The molecule has 10 heteroatoms. The Hall–Kier alpha value is -3.21. The van der Waals surface area contributed by atoms with Gasteiger partial charge in [-0.15, -0.1) is 21.5 Å². The average Bonchev–Trinajstić information content (AvgIpc) is 3.45. The summed E-state index contributed by atoms with van der Waals surface area (Å²) in [7, 11) is 0. The Balaban J connectivity index is 1.40. The molecule has 0 unspecified atom stereocenters. The molecule has 0 spiro atoms. The molecule has 34 heavy (non-hydrogen) atoms. The van der Waals surface area contributed by atoms with E-state index in [0.717, 1.165) is 21.7 Å². The second-order valence-corrected chi connectivity index (χ2v) is 10.4. The van der Waals surface area contributed by atoms with Gasteiger partial charge in [-0.25, -0.2) is 4.79 Å². The number of aryl methyl sites for hydroxylation is 1. The number of nitrogens with zero attached hydrogens (tertiary/aromatic N) is 2. The molecule has 0 saturated carbocycles. The Morgan fingerprint density at radius 2 is 1.85 bits per heavy atom. The molecular formula is C24H22N4O3S3. The monoisotopic (exact) mass is 510 g/mol. The topological polar surface area (TPSA) is 93.2 Å². The Labute approximate surface area is 209 Å². The fraction of sp³-hybridized carbons (Fsp3) is 0.167. The van der Waals surface area contributed by atoms with Crippen molar-refractivity contribution in [2.24, 2.45) is 0 Å². The predicted octanol–water partition coefficient (Wildman–Crippen LogP) is 6.23. The molecule has 4 rings (SSSR count). The number of carbonyl (C=O) groups excluding carboxylic acids is 2. The van der Waals surface area contributed by atoms with Crippen molar-refractivity contribution in [1.29, 1.82) is 0 Å². The number of hydrogen-bond donors (Lipinski definition) is 2. The first-order chi connectivity index (χ1) is 16.5. The lowest BCUT2D eigenvalue weighted by atomic mass is 10.1. The van der Waals surface area contributed by atoms with Crippen LogP contribution in [0.15, 0.2) is 65.0 Å². The second-order valence-electron chi connectivity index (χ2n) is 7.14. The molecule has 4 aromatic rings. The van der Waals surface area contributed by atoms with Crippen LogP contribution in [-0.2, 0) is 9.53 Å². The Morgan fingerprint density at radius 1 is 1.03 bits per heavy atom. The minimum absolute atomic E-state index is 0.139. The summed E-state index contributed by atoms with van der Waals surface area (Å²) in [4.78, 5) is 26.0. The van der Waals surface area contributed by atoms with Gasteiger partial charge in [0.2, 0.25) is 11.0 Å². The molecule has 1 amide bonds. The first kappa shape index (κ1) is 23.9. The average molecular weight is 511 g/mol. The van der Waals surface area contributed by atoms with Gasteiger partial charge in [-0.1, -0.05) is 65.6 Å². The number of esters is 1. The summed E-state index contributed by atoms with van der Waals surface area (Å²) in [5.41, 5.74) is 3.40. The maximum Gasteiger partial charge on any atom is 0.341 e. The molecular weight excluding hydrogens is 488 g/mol. The van der Waals surface area contributed by atoms with Crippen LogP contribution in [-0.4, -0.2) is 34.4 Å². The van der Waals surface area contributed by atoms with Crippen molar-refractivity contribution in [3.8, 4) is 10.4 Å². The molecule has 0 aliphatic heterocycles. The van der Waals surface area contributed by atoms with Crippen molar-refractivity contribution in [3.05, 3.63) is 71.8 Å². The van der Waals surface area contributed by atoms with Gasteiger partial charge in [-0.3, -0.25) is 4.79 Å². The van der Waals surface area contributed by atoms with Gasteiger partial charge >= 0.3 is 5.97 Å². The summed E-state index contributed by atoms with van der Waals surface area (Å²) in [5, 5.41) is 15.5. The summed E-state index contributed by atoms with van der Waals surface area (Å²) < 4.78 is 5.85. The van der Waals surface area contributed by atoms with Crippen molar-refractivity contribution in [3.63, 3.8) is 0 Å². The quantitative estimate of drug-likeness (QED) is 0.204. The molecule has 2 aromatic carbocycles. The standard InChI is InChI=1S/C24H22N4O3S3/c1-3-31-22(30)18-13-19(16-9-5-4-6-10-16)33-21(18)26-20(29)14-32-24-28-27-23(34-24)25-17-11-7-8-15(2)12-17/h4-13H,3,14H2,1-2H3,(H,25,27)(H,26,29). The summed E-state index contributed by atoms with van der Waals surface area (Å²) in [5.74, 6) is -0.555. The van der Waals surface area contributed by atoms with E-state index in [1.165, 1.54) is 34.4 Å². The van der Waals surface area contributed by atoms with E-state index < -0.39 is 5.97 Å². The molecule has 0 bridgehead atoms. The third-order valence-corrected chi connectivity index (χ3v) is 7.61. The Morgan fingerprint density at radius 3 is 2.62 bits per heavy atom. The van der Waals surface area contributed by atoms with E-state index in [1.807, 2.05) is 61.5 Å². The number of carbonyl (C=O) groups is 2. The van der Waals surface area contributed by atoms with Crippen molar-refractivity contribution in [2.75, 3.05) is 23.0 Å². The molecule has 2 aromatic heterocycles. The maximum atomic E-state index is 12.7. The summed E-state index contributed by atoms with van der Waals surface area (Å²) >= 11 is 4.01. The van der Waals surface area contributed by atoms with Crippen LogP contribution in [0.2, 0.25) is 0 Å². The molecule has 2 heterocycles. The lowest BCUT2D eigenvalue weighted by molar-refractivity contribution is -0.113. The number of benzene rings is 2. The number of aromatic nitrogens is 2. The number of hydrogen-bond acceptors (Lipinski definition) is 9. The molecule has 7 nitrogen and oxygen atoms in total. The van der Waals surface area contributed by atoms with Crippen LogP contribution < -0.4 is 10.6 Å². The number of ether oxygens (including phenoxy) is 1. The van der Waals surface area contributed by atoms with Gasteiger partial charge < -0.3 is 15.4 Å². The molecule has 0 saturated heterocycles. The van der Waals surface area contributed by atoms with Crippen molar-refractivity contribution in [1.82, 2.24) is 10.2 Å². The highest BCUT2D eigenvalue weighted by Crippen LogP contribution is 2.36. The SMILES string of the molecule is CCOC(=O)c1cc(-c2ccccc2)sc1NC(=O)CSc1nnc(Nc2cccc(C)c2)s1. The first-order valence-corrected chi connectivity index (χ1v) is 13.1. The molecule has 0 atom stereocenters. The Kier molecular flexibility index (Phi) is 7.94. The number of rotatable bonds is 9. The number of nitrogens with one attached hydrogen (secondary N) is 2. The zero-order valence-corrected chi connectivity index (χ0v) is 21.0. The van der Waals surface area contributed by atoms with Crippen LogP contribution >= 0.6 is 34.4 Å². The molecule has 0 radical (unpaired) electrons. The van der Waals surface area contributed by atoms with Crippen LogP contribution in [0.5, 0.6) is 0 Å². The van der Waals surface area contributed by atoms with Gasteiger partial charge in [0.1, 0.15) is 5.00 Å². The smallest absolute Gasteiger partial charge is 0.341 e. The first-order valence-electron chi connectivity index (χ1n) is 10.5.